The van der Waals surface area contributed by atoms with Crippen molar-refractivity contribution >= 4 is 23.3 Å². The highest BCUT2D eigenvalue weighted by Gasteiger charge is 2.20. The van der Waals surface area contributed by atoms with Crippen LogP contribution in [-0.2, 0) is 16.1 Å². The van der Waals surface area contributed by atoms with Crippen molar-refractivity contribution in [2.75, 3.05) is 7.11 Å². The van der Waals surface area contributed by atoms with Gasteiger partial charge in [0, 0.05) is 6.54 Å². The van der Waals surface area contributed by atoms with Crippen LogP contribution in [0.4, 0.5) is 11.4 Å². The lowest BCUT2D eigenvalue weighted by Gasteiger charge is -2.14. The van der Waals surface area contributed by atoms with Crippen LogP contribution < -0.4 is 10.1 Å². The fourth-order valence-corrected chi connectivity index (χ4v) is 2.72. The minimum absolute atomic E-state index is 0.118. The van der Waals surface area contributed by atoms with Gasteiger partial charge in [-0.05, 0) is 61.0 Å². The number of phenolic OH excluding ortho intramolecular Hbond substituents is 1. The molecule has 0 saturated heterocycles. The molecule has 0 aliphatic carbocycles. The standard InChI is InChI=1S/C24H23N3O5/c1-16(23(29)25-15-17-7-13-20(31-2)14-8-17)32-24(30)21-5-3-4-6-22(21)27-26-18-9-11-19(28)12-10-18/h3-14,16,28H,15H2,1-2H3,(H,25,29)/t16-/m1/s1. The highest BCUT2D eigenvalue weighted by Crippen LogP contribution is 2.24. The van der Waals surface area contributed by atoms with Gasteiger partial charge in [0.25, 0.3) is 5.91 Å². The molecule has 32 heavy (non-hydrogen) atoms. The van der Waals surface area contributed by atoms with E-state index in [4.69, 9.17) is 9.47 Å². The molecular formula is C24H23N3O5. The number of benzene rings is 3. The van der Waals surface area contributed by atoms with E-state index in [9.17, 15) is 14.7 Å². The summed E-state index contributed by atoms with van der Waals surface area (Å²) in [6.07, 6.45) is -0.997. The Morgan fingerprint density at radius 2 is 1.66 bits per heavy atom. The molecule has 0 aromatic heterocycles. The van der Waals surface area contributed by atoms with Crippen LogP contribution in [0.1, 0.15) is 22.8 Å². The molecule has 1 atom stereocenters. The van der Waals surface area contributed by atoms with E-state index in [1.165, 1.54) is 19.1 Å². The number of esters is 1. The van der Waals surface area contributed by atoms with E-state index in [0.29, 0.717) is 17.9 Å². The number of hydrogen-bond acceptors (Lipinski definition) is 7. The molecule has 8 heteroatoms. The first-order chi connectivity index (χ1) is 15.5. The number of hydrogen-bond donors (Lipinski definition) is 2. The molecule has 0 saturated carbocycles. The molecule has 0 fully saturated rings. The maximum atomic E-state index is 12.6. The molecule has 0 radical (unpaired) electrons. The van der Waals surface area contributed by atoms with Crippen molar-refractivity contribution in [3.63, 3.8) is 0 Å². The van der Waals surface area contributed by atoms with Crippen molar-refractivity contribution in [1.82, 2.24) is 5.32 Å². The van der Waals surface area contributed by atoms with Gasteiger partial charge in [-0.1, -0.05) is 24.3 Å². The lowest BCUT2D eigenvalue weighted by Crippen LogP contribution is -2.35. The van der Waals surface area contributed by atoms with E-state index in [-0.39, 0.29) is 11.3 Å². The Labute approximate surface area is 185 Å². The number of ether oxygens (including phenoxy) is 2. The van der Waals surface area contributed by atoms with Crippen molar-refractivity contribution in [3.05, 3.63) is 83.9 Å². The van der Waals surface area contributed by atoms with Crippen molar-refractivity contribution in [2.24, 2.45) is 10.2 Å². The summed E-state index contributed by atoms with van der Waals surface area (Å²) >= 11 is 0. The van der Waals surface area contributed by atoms with Crippen LogP contribution >= 0.6 is 0 Å². The van der Waals surface area contributed by atoms with Crippen LogP contribution in [0.2, 0.25) is 0 Å². The molecule has 0 heterocycles. The maximum absolute atomic E-state index is 12.6. The second-order valence-corrected chi connectivity index (χ2v) is 6.85. The monoisotopic (exact) mass is 433 g/mol. The van der Waals surface area contributed by atoms with Gasteiger partial charge >= 0.3 is 5.97 Å². The van der Waals surface area contributed by atoms with Gasteiger partial charge in [0.05, 0.1) is 18.4 Å². The fourth-order valence-electron chi connectivity index (χ4n) is 2.72. The number of azo groups is 1. The van der Waals surface area contributed by atoms with E-state index < -0.39 is 18.0 Å². The number of methoxy groups -OCH3 is 1. The van der Waals surface area contributed by atoms with Gasteiger partial charge in [0.2, 0.25) is 0 Å². The normalized spacial score (nSPS) is 11.7. The molecule has 3 aromatic carbocycles. The van der Waals surface area contributed by atoms with Crippen LogP contribution in [0, 0.1) is 0 Å². The van der Waals surface area contributed by atoms with Gasteiger partial charge < -0.3 is 19.9 Å². The van der Waals surface area contributed by atoms with Gasteiger partial charge in [-0.25, -0.2) is 4.79 Å². The molecule has 0 aliphatic rings. The maximum Gasteiger partial charge on any atom is 0.341 e. The van der Waals surface area contributed by atoms with Gasteiger partial charge in [0.1, 0.15) is 17.2 Å². The number of rotatable bonds is 8. The number of phenols is 1. The van der Waals surface area contributed by atoms with E-state index in [0.717, 1.165) is 11.3 Å². The smallest absolute Gasteiger partial charge is 0.341 e. The molecule has 0 bridgehead atoms. The number of carbonyl (C=O) groups excluding carboxylic acids is 2. The molecular weight excluding hydrogens is 410 g/mol. The van der Waals surface area contributed by atoms with Gasteiger partial charge in [0.15, 0.2) is 6.10 Å². The van der Waals surface area contributed by atoms with Gasteiger partial charge in [-0.3, -0.25) is 4.79 Å². The summed E-state index contributed by atoms with van der Waals surface area (Å²) < 4.78 is 10.4. The Bertz CT molecular complexity index is 1100. The van der Waals surface area contributed by atoms with Crippen molar-refractivity contribution in [1.29, 1.82) is 0 Å². The first kappa shape index (κ1) is 22.5. The molecule has 3 rings (SSSR count). The lowest BCUT2D eigenvalue weighted by molar-refractivity contribution is -0.129. The second kappa shape index (κ2) is 10.7. The van der Waals surface area contributed by atoms with E-state index in [1.54, 1.807) is 55.6 Å². The van der Waals surface area contributed by atoms with Crippen LogP contribution in [0.3, 0.4) is 0 Å². The Hall–Kier alpha value is -4.20. The highest BCUT2D eigenvalue weighted by atomic mass is 16.5. The molecule has 2 N–H and O–H groups in total. The summed E-state index contributed by atoms with van der Waals surface area (Å²) in [6, 6.07) is 20.0. The van der Waals surface area contributed by atoms with Crippen LogP contribution in [0.25, 0.3) is 0 Å². The number of amides is 1. The summed E-state index contributed by atoms with van der Waals surface area (Å²) in [5.41, 5.74) is 1.89. The van der Waals surface area contributed by atoms with E-state index in [1.807, 2.05) is 12.1 Å². The number of nitrogens with one attached hydrogen (secondary N) is 1. The van der Waals surface area contributed by atoms with Crippen LogP contribution in [0.15, 0.2) is 83.0 Å². The molecule has 0 unspecified atom stereocenters. The predicted molar refractivity (Wildman–Crippen MR) is 118 cm³/mol. The largest absolute Gasteiger partial charge is 0.508 e. The third kappa shape index (κ3) is 6.15. The molecule has 1 amide bonds. The number of nitrogens with zero attached hydrogens (tertiary/aromatic N) is 2. The average molecular weight is 433 g/mol. The second-order valence-electron chi connectivity index (χ2n) is 6.85. The van der Waals surface area contributed by atoms with Gasteiger partial charge in [-0.15, -0.1) is 5.11 Å². The Balaban J connectivity index is 1.60. The quantitative estimate of drug-likeness (QED) is 0.396. The zero-order chi connectivity index (χ0) is 22.9. The minimum Gasteiger partial charge on any atom is -0.508 e. The summed E-state index contributed by atoms with van der Waals surface area (Å²) in [6.45, 7) is 1.80. The summed E-state index contributed by atoms with van der Waals surface area (Å²) in [5, 5.41) is 20.2. The fraction of sp³-hybridized carbons (Fsp3) is 0.167. The first-order valence-corrected chi connectivity index (χ1v) is 9.87. The first-order valence-electron chi connectivity index (χ1n) is 9.87. The summed E-state index contributed by atoms with van der Waals surface area (Å²) in [7, 11) is 1.58. The SMILES string of the molecule is COc1ccc(CNC(=O)[C@@H](C)OC(=O)c2ccccc2N=Nc2ccc(O)cc2)cc1. The molecule has 0 aliphatic heterocycles. The van der Waals surface area contributed by atoms with Crippen LogP contribution in [0.5, 0.6) is 11.5 Å². The highest BCUT2D eigenvalue weighted by molar-refractivity contribution is 5.96. The third-order valence-electron chi connectivity index (χ3n) is 4.53. The summed E-state index contributed by atoms with van der Waals surface area (Å²) in [5.74, 6) is -0.259. The Morgan fingerprint density at radius 1 is 0.969 bits per heavy atom. The summed E-state index contributed by atoms with van der Waals surface area (Å²) in [4.78, 5) is 25.0. The number of carbonyl (C=O) groups is 2. The zero-order valence-electron chi connectivity index (χ0n) is 17.7. The van der Waals surface area contributed by atoms with E-state index in [2.05, 4.69) is 15.5 Å². The topological polar surface area (TPSA) is 110 Å². The molecule has 3 aromatic rings. The minimum atomic E-state index is -0.997. The van der Waals surface area contributed by atoms with Crippen molar-refractivity contribution < 1.29 is 24.2 Å². The Morgan fingerprint density at radius 3 is 2.34 bits per heavy atom. The molecule has 0 spiro atoms. The van der Waals surface area contributed by atoms with Crippen LogP contribution in [-0.4, -0.2) is 30.2 Å². The number of aromatic hydroxyl groups is 1. The third-order valence-corrected chi connectivity index (χ3v) is 4.53. The van der Waals surface area contributed by atoms with Gasteiger partial charge in [-0.2, -0.15) is 5.11 Å². The zero-order valence-corrected chi connectivity index (χ0v) is 17.7. The van der Waals surface area contributed by atoms with Crippen molar-refractivity contribution in [2.45, 2.75) is 19.6 Å². The molecule has 164 valence electrons. The van der Waals surface area contributed by atoms with E-state index >= 15 is 0 Å². The average Bonchev–Trinajstić information content (AvgIpc) is 2.82. The lowest BCUT2D eigenvalue weighted by atomic mass is 10.2. The Kier molecular flexibility index (Phi) is 7.53. The van der Waals surface area contributed by atoms with Crippen molar-refractivity contribution in [3.8, 4) is 11.5 Å². The predicted octanol–water partition coefficient (Wildman–Crippen LogP) is 4.68. The molecule has 8 nitrogen and oxygen atoms in total.